The van der Waals surface area contributed by atoms with Crippen LogP contribution in [0.4, 0.5) is 0 Å². The summed E-state index contributed by atoms with van der Waals surface area (Å²) >= 11 is 0. The summed E-state index contributed by atoms with van der Waals surface area (Å²) < 4.78 is 0. The molecule has 1 atom stereocenters. The minimum absolute atomic E-state index is 0.00567. The van der Waals surface area contributed by atoms with E-state index < -0.39 is 23.9 Å². The van der Waals surface area contributed by atoms with E-state index in [9.17, 15) is 14.7 Å². The summed E-state index contributed by atoms with van der Waals surface area (Å²) in [5.41, 5.74) is -1.50. The molecule has 16 heavy (non-hydrogen) atoms. The first kappa shape index (κ1) is 12.1. The average Bonchev–Trinajstić information content (AvgIpc) is 2.64. The fraction of sp³-hybridized carbons (Fsp3) is 0.500. The number of nitrogens with zero attached hydrogens (tertiary/aromatic N) is 2. The van der Waals surface area contributed by atoms with Crippen LogP contribution in [-0.4, -0.2) is 49.4 Å². The molecule has 0 spiro atoms. The third-order valence-electron chi connectivity index (χ3n) is 1.79. The van der Waals surface area contributed by atoms with E-state index >= 15 is 0 Å². The van der Waals surface area contributed by atoms with Gasteiger partial charge in [-0.15, -0.1) is 0 Å². The lowest BCUT2D eigenvalue weighted by Crippen LogP contribution is -2.42. The quantitative estimate of drug-likeness (QED) is 0.499. The van der Waals surface area contributed by atoms with Gasteiger partial charge in [0.15, 0.2) is 0 Å². The number of aliphatic hydroxyl groups is 1. The fourth-order valence-corrected chi connectivity index (χ4v) is 1.06. The molecular formula is C8H12N4O4. The number of rotatable bonds is 5. The van der Waals surface area contributed by atoms with Gasteiger partial charge in [-0.3, -0.25) is 14.7 Å². The maximum atomic E-state index is 11.3. The number of carbonyl (C=O) groups is 2. The SMILES string of the molecule is CC(O)(CNC(=O)c1ncn[nH]1)CC(=O)O. The highest BCUT2D eigenvalue weighted by Gasteiger charge is 2.25. The van der Waals surface area contributed by atoms with E-state index in [1.54, 1.807) is 0 Å². The van der Waals surface area contributed by atoms with E-state index in [1.807, 2.05) is 0 Å². The van der Waals surface area contributed by atoms with Gasteiger partial charge >= 0.3 is 5.97 Å². The van der Waals surface area contributed by atoms with Gasteiger partial charge in [0.05, 0.1) is 12.0 Å². The molecule has 0 aliphatic rings. The first-order valence-corrected chi connectivity index (χ1v) is 4.48. The summed E-state index contributed by atoms with van der Waals surface area (Å²) in [6.07, 6.45) is 0.716. The average molecular weight is 228 g/mol. The second-order valence-electron chi connectivity index (χ2n) is 3.58. The van der Waals surface area contributed by atoms with Gasteiger partial charge in [-0.25, -0.2) is 4.98 Å². The zero-order chi connectivity index (χ0) is 12.2. The number of hydrogen-bond acceptors (Lipinski definition) is 5. The number of hydrogen-bond donors (Lipinski definition) is 4. The number of carboxylic acid groups (broad SMARTS) is 1. The van der Waals surface area contributed by atoms with Gasteiger partial charge in [0.25, 0.3) is 5.91 Å². The molecule has 1 amide bonds. The van der Waals surface area contributed by atoms with Gasteiger partial charge in [0.1, 0.15) is 6.33 Å². The highest BCUT2D eigenvalue weighted by atomic mass is 16.4. The van der Waals surface area contributed by atoms with Crippen LogP contribution in [0.2, 0.25) is 0 Å². The minimum atomic E-state index is -1.50. The topological polar surface area (TPSA) is 128 Å². The smallest absolute Gasteiger partial charge is 0.306 e. The van der Waals surface area contributed by atoms with Crippen LogP contribution >= 0.6 is 0 Å². The highest BCUT2D eigenvalue weighted by Crippen LogP contribution is 2.07. The molecule has 0 saturated carbocycles. The van der Waals surface area contributed by atoms with Crippen molar-refractivity contribution in [1.82, 2.24) is 20.5 Å². The van der Waals surface area contributed by atoms with Crippen LogP contribution in [0.3, 0.4) is 0 Å². The Morgan fingerprint density at radius 3 is 2.81 bits per heavy atom. The van der Waals surface area contributed by atoms with Gasteiger partial charge < -0.3 is 15.5 Å². The van der Waals surface area contributed by atoms with Crippen LogP contribution in [0, 0.1) is 0 Å². The van der Waals surface area contributed by atoms with E-state index in [2.05, 4.69) is 20.5 Å². The lowest BCUT2D eigenvalue weighted by atomic mass is 10.0. The lowest BCUT2D eigenvalue weighted by Gasteiger charge is -2.20. The van der Waals surface area contributed by atoms with Crippen molar-refractivity contribution in [3.63, 3.8) is 0 Å². The van der Waals surface area contributed by atoms with Gasteiger partial charge in [-0.05, 0) is 6.92 Å². The van der Waals surface area contributed by atoms with Crippen molar-refractivity contribution in [2.24, 2.45) is 0 Å². The van der Waals surface area contributed by atoms with Crippen molar-refractivity contribution in [3.8, 4) is 0 Å². The summed E-state index contributed by atoms with van der Waals surface area (Å²) in [6.45, 7) is 1.14. The third kappa shape index (κ3) is 3.65. The van der Waals surface area contributed by atoms with E-state index in [4.69, 9.17) is 5.11 Å². The molecule has 1 heterocycles. The maximum Gasteiger partial charge on any atom is 0.306 e. The van der Waals surface area contributed by atoms with E-state index in [0.29, 0.717) is 0 Å². The molecule has 1 unspecified atom stereocenters. The molecule has 4 N–H and O–H groups in total. The Kier molecular flexibility index (Phi) is 3.56. The Bertz CT molecular complexity index is 373. The molecule has 0 aliphatic heterocycles. The molecular weight excluding hydrogens is 216 g/mol. The number of aromatic amines is 1. The van der Waals surface area contributed by atoms with Crippen molar-refractivity contribution in [1.29, 1.82) is 0 Å². The summed E-state index contributed by atoms with van der Waals surface area (Å²) in [7, 11) is 0. The zero-order valence-electron chi connectivity index (χ0n) is 8.60. The summed E-state index contributed by atoms with van der Waals surface area (Å²) in [5, 5.41) is 26.3. The molecule has 8 nitrogen and oxygen atoms in total. The van der Waals surface area contributed by atoms with E-state index in [-0.39, 0.29) is 12.4 Å². The Morgan fingerprint density at radius 2 is 2.31 bits per heavy atom. The van der Waals surface area contributed by atoms with Crippen molar-refractivity contribution in [3.05, 3.63) is 12.2 Å². The number of amides is 1. The number of H-pyrrole nitrogens is 1. The van der Waals surface area contributed by atoms with Crippen LogP contribution < -0.4 is 5.32 Å². The Morgan fingerprint density at radius 1 is 1.62 bits per heavy atom. The zero-order valence-corrected chi connectivity index (χ0v) is 8.60. The van der Waals surface area contributed by atoms with Crippen LogP contribution in [0.15, 0.2) is 6.33 Å². The van der Waals surface area contributed by atoms with Gasteiger partial charge in [0, 0.05) is 6.54 Å². The van der Waals surface area contributed by atoms with Crippen molar-refractivity contribution < 1.29 is 19.8 Å². The van der Waals surface area contributed by atoms with Crippen molar-refractivity contribution in [2.45, 2.75) is 18.9 Å². The maximum absolute atomic E-state index is 11.3. The first-order valence-electron chi connectivity index (χ1n) is 4.48. The summed E-state index contributed by atoms with van der Waals surface area (Å²) in [4.78, 5) is 25.3. The summed E-state index contributed by atoms with van der Waals surface area (Å²) in [5.74, 6) is -1.69. The second kappa shape index (κ2) is 4.71. The van der Waals surface area contributed by atoms with Gasteiger partial charge in [-0.1, -0.05) is 0 Å². The molecule has 0 bridgehead atoms. The summed E-state index contributed by atoms with van der Waals surface area (Å²) in [6, 6.07) is 0. The number of carboxylic acids is 1. The third-order valence-corrected chi connectivity index (χ3v) is 1.79. The lowest BCUT2D eigenvalue weighted by molar-refractivity contribution is -0.141. The van der Waals surface area contributed by atoms with Gasteiger partial charge in [0.2, 0.25) is 5.82 Å². The number of aromatic nitrogens is 3. The van der Waals surface area contributed by atoms with E-state index in [0.717, 1.165) is 0 Å². The highest BCUT2D eigenvalue weighted by molar-refractivity contribution is 5.90. The van der Waals surface area contributed by atoms with Gasteiger partial charge in [-0.2, -0.15) is 5.10 Å². The predicted octanol–water partition coefficient (Wildman–Crippen LogP) is -1.24. The Hall–Kier alpha value is -1.96. The molecule has 0 aromatic carbocycles. The number of nitrogens with one attached hydrogen (secondary N) is 2. The first-order chi connectivity index (χ1) is 7.41. The van der Waals surface area contributed by atoms with Crippen molar-refractivity contribution >= 4 is 11.9 Å². The molecule has 1 rings (SSSR count). The normalized spacial score (nSPS) is 14.1. The molecule has 1 aromatic rings. The second-order valence-corrected chi connectivity index (χ2v) is 3.58. The molecule has 8 heteroatoms. The molecule has 0 saturated heterocycles. The molecule has 0 aliphatic carbocycles. The van der Waals surface area contributed by atoms with Crippen LogP contribution in [0.25, 0.3) is 0 Å². The Labute approximate surface area is 90.7 Å². The molecule has 0 radical (unpaired) electrons. The van der Waals surface area contributed by atoms with Crippen LogP contribution in [0.5, 0.6) is 0 Å². The van der Waals surface area contributed by atoms with E-state index in [1.165, 1.54) is 13.3 Å². The molecule has 1 aromatic heterocycles. The van der Waals surface area contributed by atoms with Crippen LogP contribution in [-0.2, 0) is 4.79 Å². The largest absolute Gasteiger partial charge is 0.481 e. The minimum Gasteiger partial charge on any atom is -0.481 e. The van der Waals surface area contributed by atoms with Crippen LogP contribution in [0.1, 0.15) is 24.0 Å². The monoisotopic (exact) mass is 228 g/mol. The van der Waals surface area contributed by atoms with Crippen molar-refractivity contribution in [2.75, 3.05) is 6.54 Å². The number of carbonyl (C=O) groups excluding carboxylic acids is 1. The standard InChI is InChI=1S/C8H12N4O4/c1-8(16,2-5(13)14)3-9-7(15)6-10-4-11-12-6/h4,16H,2-3H2,1H3,(H,9,15)(H,13,14)(H,10,11,12). The number of aliphatic carboxylic acids is 1. The fourth-order valence-electron chi connectivity index (χ4n) is 1.06. The molecule has 88 valence electrons. The molecule has 0 fully saturated rings. The Balaban J connectivity index is 2.45. The predicted molar refractivity (Wildman–Crippen MR) is 51.6 cm³/mol.